The van der Waals surface area contributed by atoms with Crippen LogP contribution in [0.5, 0.6) is 0 Å². The summed E-state index contributed by atoms with van der Waals surface area (Å²) in [5.41, 5.74) is -3.32. The minimum absolute atomic E-state index is 0.0335. The summed E-state index contributed by atoms with van der Waals surface area (Å²) < 4.78 is 50.2. The monoisotopic (exact) mass is 335 g/mol. The molecule has 0 saturated carbocycles. The van der Waals surface area contributed by atoms with Crippen molar-refractivity contribution < 1.29 is 17.6 Å². The lowest BCUT2D eigenvalue weighted by Crippen LogP contribution is -2.02. The molecule has 0 spiro atoms. The molecule has 0 saturated heterocycles. The van der Waals surface area contributed by atoms with Gasteiger partial charge in [-0.2, -0.15) is 13.2 Å². The standard InChI is InChI=1S/C14H10ClF4NS/c15-12-3-1-2-9(13(12)16)8-20-10-4-6-11(7-5-10)21-14(17,18)19/h1-7,20H,8H2. The fourth-order valence-electron chi connectivity index (χ4n) is 1.66. The van der Waals surface area contributed by atoms with Crippen molar-refractivity contribution in [3.8, 4) is 0 Å². The Kier molecular flexibility index (Phi) is 5.00. The zero-order valence-corrected chi connectivity index (χ0v) is 12.1. The molecule has 2 aromatic carbocycles. The molecule has 0 aromatic heterocycles. The first kappa shape index (κ1) is 16.0. The van der Waals surface area contributed by atoms with Crippen molar-refractivity contribution in [1.29, 1.82) is 0 Å². The molecule has 0 bridgehead atoms. The maximum atomic E-state index is 13.7. The molecular formula is C14H10ClF4NS. The van der Waals surface area contributed by atoms with Gasteiger partial charge >= 0.3 is 5.51 Å². The van der Waals surface area contributed by atoms with Crippen LogP contribution < -0.4 is 5.32 Å². The summed E-state index contributed by atoms with van der Waals surface area (Å²) in [6.45, 7) is 0.193. The normalized spacial score (nSPS) is 11.5. The van der Waals surface area contributed by atoms with Crippen LogP contribution in [0.3, 0.4) is 0 Å². The fraction of sp³-hybridized carbons (Fsp3) is 0.143. The topological polar surface area (TPSA) is 12.0 Å². The second kappa shape index (κ2) is 6.58. The lowest BCUT2D eigenvalue weighted by atomic mass is 10.2. The van der Waals surface area contributed by atoms with E-state index in [0.29, 0.717) is 11.3 Å². The Bertz CT molecular complexity index is 613. The minimum Gasteiger partial charge on any atom is -0.381 e. The second-order valence-electron chi connectivity index (χ2n) is 4.14. The predicted octanol–water partition coefficient (Wildman–Crippen LogP) is 5.70. The minimum atomic E-state index is -4.31. The molecule has 0 amide bonds. The average molecular weight is 336 g/mol. The van der Waals surface area contributed by atoms with Crippen LogP contribution in [-0.2, 0) is 6.54 Å². The summed E-state index contributed by atoms with van der Waals surface area (Å²) in [6.07, 6.45) is 0. The lowest BCUT2D eigenvalue weighted by molar-refractivity contribution is -0.0328. The molecule has 0 aliphatic heterocycles. The highest BCUT2D eigenvalue weighted by molar-refractivity contribution is 8.00. The molecule has 2 rings (SSSR count). The van der Waals surface area contributed by atoms with Crippen molar-refractivity contribution in [1.82, 2.24) is 0 Å². The van der Waals surface area contributed by atoms with E-state index in [1.807, 2.05) is 0 Å². The highest BCUT2D eigenvalue weighted by atomic mass is 35.5. The molecule has 2 aromatic rings. The van der Waals surface area contributed by atoms with Crippen molar-refractivity contribution >= 4 is 29.1 Å². The third-order valence-corrected chi connectivity index (χ3v) is 3.63. The maximum absolute atomic E-state index is 13.7. The van der Waals surface area contributed by atoms with Crippen LogP contribution in [0, 0.1) is 5.82 Å². The van der Waals surface area contributed by atoms with Gasteiger partial charge in [-0.05, 0) is 42.1 Å². The number of hydrogen-bond donors (Lipinski definition) is 1. The first-order chi connectivity index (χ1) is 9.85. The van der Waals surface area contributed by atoms with E-state index in [1.165, 1.54) is 30.3 Å². The van der Waals surface area contributed by atoms with Gasteiger partial charge in [0.05, 0.1) is 5.02 Å². The highest BCUT2D eigenvalue weighted by Crippen LogP contribution is 2.37. The van der Waals surface area contributed by atoms with Crippen molar-refractivity contribution in [2.45, 2.75) is 16.9 Å². The number of rotatable bonds is 4. The van der Waals surface area contributed by atoms with Crippen LogP contribution in [0.2, 0.25) is 5.02 Å². The quantitative estimate of drug-likeness (QED) is 0.568. The summed E-state index contributed by atoms with van der Waals surface area (Å²) in [6, 6.07) is 10.4. The molecule has 0 aliphatic rings. The lowest BCUT2D eigenvalue weighted by Gasteiger charge is -2.09. The van der Waals surface area contributed by atoms with Crippen molar-refractivity contribution in [2.24, 2.45) is 0 Å². The van der Waals surface area contributed by atoms with E-state index in [-0.39, 0.29) is 28.2 Å². The van der Waals surface area contributed by atoms with E-state index in [0.717, 1.165) is 0 Å². The van der Waals surface area contributed by atoms with Gasteiger partial charge < -0.3 is 5.32 Å². The zero-order valence-electron chi connectivity index (χ0n) is 10.5. The highest BCUT2D eigenvalue weighted by Gasteiger charge is 2.28. The zero-order chi connectivity index (χ0) is 15.5. The molecule has 21 heavy (non-hydrogen) atoms. The Hall–Kier alpha value is -1.40. The summed E-state index contributed by atoms with van der Waals surface area (Å²) in [4.78, 5) is 0.0991. The van der Waals surface area contributed by atoms with Gasteiger partial charge in [-0.3, -0.25) is 0 Å². The molecule has 0 unspecified atom stereocenters. The maximum Gasteiger partial charge on any atom is 0.446 e. The van der Waals surface area contributed by atoms with Crippen molar-refractivity contribution in [2.75, 3.05) is 5.32 Å². The van der Waals surface area contributed by atoms with Gasteiger partial charge in [0.15, 0.2) is 0 Å². The number of halogens is 5. The number of anilines is 1. The van der Waals surface area contributed by atoms with E-state index in [1.54, 1.807) is 12.1 Å². The Morgan fingerprint density at radius 2 is 1.71 bits per heavy atom. The van der Waals surface area contributed by atoms with Crippen LogP contribution in [0.4, 0.5) is 23.2 Å². The average Bonchev–Trinajstić information content (AvgIpc) is 2.40. The Morgan fingerprint density at radius 1 is 1.05 bits per heavy atom. The molecule has 0 fully saturated rings. The van der Waals surface area contributed by atoms with E-state index >= 15 is 0 Å². The third kappa shape index (κ3) is 4.82. The third-order valence-electron chi connectivity index (χ3n) is 2.60. The molecule has 0 heterocycles. The van der Waals surface area contributed by atoms with Gasteiger partial charge in [0.1, 0.15) is 5.82 Å². The SMILES string of the molecule is Fc1c(Cl)cccc1CNc1ccc(SC(F)(F)F)cc1. The van der Waals surface area contributed by atoms with E-state index in [4.69, 9.17) is 11.6 Å². The molecular weight excluding hydrogens is 326 g/mol. The summed E-state index contributed by atoms with van der Waals surface area (Å²) >= 11 is 5.49. The van der Waals surface area contributed by atoms with Crippen LogP contribution in [0.1, 0.15) is 5.56 Å². The Labute approximate surface area is 128 Å². The van der Waals surface area contributed by atoms with E-state index < -0.39 is 11.3 Å². The number of alkyl halides is 3. The van der Waals surface area contributed by atoms with Crippen molar-refractivity contribution in [3.05, 3.63) is 58.9 Å². The van der Waals surface area contributed by atoms with Gasteiger partial charge in [-0.15, -0.1) is 0 Å². The molecule has 1 nitrogen and oxygen atoms in total. The van der Waals surface area contributed by atoms with Gasteiger partial charge in [0, 0.05) is 22.7 Å². The van der Waals surface area contributed by atoms with Crippen LogP contribution in [0.15, 0.2) is 47.4 Å². The molecule has 7 heteroatoms. The van der Waals surface area contributed by atoms with Gasteiger partial charge in [-0.1, -0.05) is 23.7 Å². The number of benzene rings is 2. The smallest absolute Gasteiger partial charge is 0.381 e. The Morgan fingerprint density at radius 3 is 2.33 bits per heavy atom. The largest absolute Gasteiger partial charge is 0.446 e. The number of thioether (sulfide) groups is 1. The summed E-state index contributed by atoms with van der Waals surface area (Å²) in [5.74, 6) is -0.504. The van der Waals surface area contributed by atoms with Gasteiger partial charge in [0.25, 0.3) is 0 Å². The van der Waals surface area contributed by atoms with Gasteiger partial charge in [0.2, 0.25) is 0 Å². The first-order valence-electron chi connectivity index (χ1n) is 5.88. The number of nitrogens with one attached hydrogen (secondary N) is 1. The van der Waals surface area contributed by atoms with E-state index in [2.05, 4.69) is 5.32 Å². The fourth-order valence-corrected chi connectivity index (χ4v) is 2.39. The van der Waals surface area contributed by atoms with Crippen LogP contribution in [0.25, 0.3) is 0 Å². The van der Waals surface area contributed by atoms with Crippen LogP contribution in [-0.4, -0.2) is 5.51 Å². The molecule has 0 radical (unpaired) electrons. The van der Waals surface area contributed by atoms with Gasteiger partial charge in [-0.25, -0.2) is 4.39 Å². The Balaban J connectivity index is 1.99. The molecule has 0 atom stereocenters. The second-order valence-corrected chi connectivity index (χ2v) is 5.68. The first-order valence-corrected chi connectivity index (χ1v) is 7.07. The molecule has 112 valence electrons. The number of hydrogen-bond acceptors (Lipinski definition) is 2. The molecule has 0 aliphatic carbocycles. The van der Waals surface area contributed by atoms with Crippen molar-refractivity contribution in [3.63, 3.8) is 0 Å². The predicted molar refractivity (Wildman–Crippen MR) is 77.1 cm³/mol. The van der Waals surface area contributed by atoms with E-state index in [9.17, 15) is 17.6 Å². The van der Waals surface area contributed by atoms with Crippen LogP contribution >= 0.6 is 23.4 Å². The molecule has 1 N–H and O–H groups in total. The summed E-state index contributed by atoms with van der Waals surface area (Å²) in [7, 11) is 0. The summed E-state index contributed by atoms with van der Waals surface area (Å²) in [5, 5.41) is 2.96.